The Balaban J connectivity index is 2.04. The molecule has 0 fully saturated rings. The van der Waals surface area contributed by atoms with Crippen molar-refractivity contribution < 1.29 is 0 Å². The maximum Gasteiger partial charge on any atom is 0.179 e. The fourth-order valence-electron chi connectivity index (χ4n) is 3.84. The zero-order chi connectivity index (χ0) is 18.4. The Bertz CT molecular complexity index is 1410. The van der Waals surface area contributed by atoms with Gasteiger partial charge in [0, 0.05) is 21.8 Å². The lowest BCUT2D eigenvalue weighted by Gasteiger charge is -2.11. The smallest absolute Gasteiger partial charge is 0.179 e. The van der Waals surface area contributed by atoms with Gasteiger partial charge in [-0.3, -0.25) is 0 Å². The lowest BCUT2D eigenvalue weighted by atomic mass is 10.1. The summed E-state index contributed by atoms with van der Waals surface area (Å²) in [7, 11) is 0. The van der Waals surface area contributed by atoms with Crippen molar-refractivity contribution in [2.45, 2.75) is 0 Å². The van der Waals surface area contributed by atoms with E-state index in [2.05, 4.69) is 50.7 Å². The fraction of sp³-hybridized carbons (Fsp3) is 0. The fourth-order valence-corrected chi connectivity index (χ4v) is 3.84. The number of para-hydroxylation sites is 1. The van der Waals surface area contributed by atoms with Gasteiger partial charge >= 0.3 is 0 Å². The van der Waals surface area contributed by atoms with Crippen LogP contribution >= 0.6 is 0 Å². The number of hydrogen-bond donors (Lipinski definition) is 0. The minimum absolute atomic E-state index is 0.477. The number of aromatic nitrogens is 1. The summed E-state index contributed by atoms with van der Waals surface area (Å²) in [6, 6.07) is 26.2. The number of nitrogens with zero attached hydrogens (tertiary/aromatic N) is 3. The van der Waals surface area contributed by atoms with Gasteiger partial charge in [0.15, 0.2) is 11.4 Å². The molecule has 0 spiro atoms. The Labute approximate surface area is 156 Å². The molecule has 0 atom stereocenters. The Morgan fingerprint density at radius 3 is 2.04 bits per heavy atom. The van der Waals surface area contributed by atoms with Crippen molar-refractivity contribution in [2.75, 3.05) is 0 Å². The number of hydrogen-bond acceptors (Lipinski definition) is 0. The van der Waals surface area contributed by atoms with E-state index in [9.17, 15) is 0 Å². The maximum atomic E-state index is 7.41. The standard InChI is InChI=1S/C24H13N3/c1-25-17-13-18(26-2)15-19(14-17)27-23-10-6-5-9-21(23)22-12-11-16-7-3-4-8-20(16)24(22)27/h3-15H. The summed E-state index contributed by atoms with van der Waals surface area (Å²) in [5.41, 5.74) is 3.97. The summed E-state index contributed by atoms with van der Waals surface area (Å²) >= 11 is 0. The molecule has 3 nitrogen and oxygen atoms in total. The first-order chi connectivity index (χ1) is 13.3. The summed E-state index contributed by atoms with van der Waals surface area (Å²) in [6.07, 6.45) is 0. The van der Waals surface area contributed by atoms with E-state index in [4.69, 9.17) is 13.1 Å². The van der Waals surface area contributed by atoms with Crippen LogP contribution in [0.15, 0.2) is 78.9 Å². The van der Waals surface area contributed by atoms with Gasteiger partial charge in [-0.2, -0.15) is 0 Å². The third-order valence-corrected chi connectivity index (χ3v) is 4.96. The Morgan fingerprint density at radius 2 is 1.30 bits per heavy atom. The molecule has 1 aromatic heterocycles. The van der Waals surface area contributed by atoms with E-state index in [1.165, 1.54) is 10.8 Å². The zero-order valence-electron chi connectivity index (χ0n) is 14.3. The molecule has 0 N–H and O–H groups in total. The van der Waals surface area contributed by atoms with E-state index >= 15 is 0 Å². The first-order valence-electron chi connectivity index (χ1n) is 8.61. The van der Waals surface area contributed by atoms with E-state index in [1.807, 2.05) is 36.4 Å². The molecule has 0 unspecified atom stereocenters. The molecule has 27 heavy (non-hydrogen) atoms. The first kappa shape index (κ1) is 15.2. The van der Waals surface area contributed by atoms with E-state index in [1.54, 1.807) is 6.07 Å². The quantitative estimate of drug-likeness (QED) is 0.290. The summed E-state index contributed by atoms with van der Waals surface area (Å²) in [6.45, 7) is 14.8. The normalized spacial score (nSPS) is 10.9. The second-order valence-corrected chi connectivity index (χ2v) is 6.47. The molecule has 0 amide bonds. The van der Waals surface area contributed by atoms with Crippen LogP contribution in [0.25, 0.3) is 48.0 Å². The lowest BCUT2D eigenvalue weighted by Crippen LogP contribution is -1.94. The van der Waals surface area contributed by atoms with Crippen LogP contribution in [0.5, 0.6) is 0 Å². The largest absolute Gasteiger partial charge is 0.311 e. The van der Waals surface area contributed by atoms with Crippen molar-refractivity contribution in [2.24, 2.45) is 0 Å². The van der Waals surface area contributed by atoms with E-state index in [0.717, 1.165) is 27.5 Å². The van der Waals surface area contributed by atoms with Gasteiger partial charge in [0.1, 0.15) is 0 Å². The van der Waals surface area contributed by atoms with Gasteiger partial charge in [-0.25, -0.2) is 9.69 Å². The number of benzene rings is 4. The minimum Gasteiger partial charge on any atom is -0.311 e. The van der Waals surface area contributed by atoms with Gasteiger partial charge in [0.25, 0.3) is 0 Å². The summed E-state index contributed by atoms with van der Waals surface area (Å²) in [5.74, 6) is 0. The highest BCUT2D eigenvalue weighted by Gasteiger charge is 2.15. The van der Waals surface area contributed by atoms with Gasteiger partial charge < -0.3 is 4.57 Å². The molecule has 0 aliphatic carbocycles. The van der Waals surface area contributed by atoms with Crippen LogP contribution in [0.1, 0.15) is 0 Å². The molecule has 5 aromatic rings. The Hall–Kier alpha value is -4.08. The summed E-state index contributed by atoms with van der Waals surface area (Å²) < 4.78 is 2.18. The molecule has 0 aliphatic heterocycles. The second kappa shape index (κ2) is 5.73. The molecular weight excluding hydrogens is 330 g/mol. The van der Waals surface area contributed by atoms with Crippen molar-refractivity contribution in [1.82, 2.24) is 4.57 Å². The van der Waals surface area contributed by atoms with Crippen LogP contribution in [0, 0.1) is 13.1 Å². The highest BCUT2D eigenvalue weighted by Crippen LogP contribution is 2.38. The Kier molecular flexibility index (Phi) is 3.22. The molecular formula is C24H13N3. The van der Waals surface area contributed by atoms with Gasteiger partial charge in [-0.05, 0) is 23.6 Å². The highest BCUT2D eigenvalue weighted by atomic mass is 15.0. The third kappa shape index (κ3) is 2.20. The molecule has 4 aromatic carbocycles. The van der Waals surface area contributed by atoms with Crippen molar-refractivity contribution in [1.29, 1.82) is 0 Å². The van der Waals surface area contributed by atoms with Crippen LogP contribution in [0.2, 0.25) is 0 Å². The van der Waals surface area contributed by atoms with E-state index in [-0.39, 0.29) is 0 Å². The van der Waals surface area contributed by atoms with Crippen LogP contribution < -0.4 is 0 Å². The molecule has 1 heterocycles. The number of rotatable bonds is 1. The minimum atomic E-state index is 0.477. The van der Waals surface area contributed by atoms with E-state index < -0.39 is 0 Å². The average Bonchev–Trinajstić information content (AvgIpc) is 3.08. The topological polar surface area (TPSA) is 13.7 Å². The van der Waals surface area contributed by atoms with Gasteiger partial charge in [0.2, 0.25) is 0 Å². The van der Waals surface area contributed by atoms with Gasteiger partial charge in [0.05, 0.1) is 24.2 Å². The lowest BCUT2D eigenvalue weighted by molar-refractivity contribution is 1.19. The molecule has 124 valence electrons. The molecule has 5 rings (SSSR count). The molecule has 3 heteroatoms. The van der Waals surface area contributed by atoms with Crippen LogP contribution in [0.4, 0.5) is 11.4 Å². The second-order valence-electron chi connectivity index (χ2n) is 6.47. The van der Waals surface area contributed by atoms with Crippen LogP contribution in [-0.4, -0.2) is 4.57 Å². The van der Waals surface area contributed by atoms with Crippen molar-refractivity contribution in [3.05, 3.63) is 102 Å². The first-order valence-corrected chi connectivity index (χ1v) is 8.61. The molecule has 0 radical (unpaired) electrons. The Morgan fingerprint density at radius 1 is 0.630 bits per heavy atom. The van der Waals surface area contributed by atoms with Crippen LogP contribution in [0.3, 0.4) is 0 Å². The van der Waals surface area contributed by atoms with Crippen molar-refractivity contribution in [3.63, 3.8) is 0 Å². The van der Waals surface area contributed by atoms with Gasteiger partial charge in [-0.15, -0.1) is 0 Å². The van der Waals surface area contributed by atoms with Crippen molar-refractivity contribution in [3.8, 4) is 5.69 Å². The third-order valence-electron chi connectivity index (χ3n) is 4.96. The zero-order valence-corrected chi connectivity index (χ0v) is 14.3. The average molecular weight is 343 g/mol. The van der Waals surface area contributed by atoms with Crippen LogP contribution in [-0.2, 0) is 0 Å². The molecule has 0 bridgehead atoms. The van der Waals surface area contributed by atoms with E-state index in [0.29, 0.717) is 11.4 Å². The highest BCUT2D eigenvalue weighted by molar-refractivity contribution is 6.18. The number of fused-ring (bicyclic) bond motifs is 5. The van der Waals surface area contributed by atoms with Gasteiger partial charge in [-0.1, -0.05) is 60.7 Å². The van der Waals surface area contributed by atoms with Crippen molar-refractivity contribution >= 4 is 44.0 Å². The molecule has 0 aliphatic rings. The molecule has 0 saturated heterocycles. The molecule has 0 saturated carbocycles. The maximum absolute atomic E-state index is 7.41. The predicted molar refractivity (Wildman–Crippen MR) is 111 cm³/mol. The monoisotopic (exact) mass is 343 g/mol. The predicted octanol–water partition coefficient (Wildman–Crippen LogP) is 7.04. The summed E-state index contributed by atoms with van der Waals surface area (Å²) in [4.78, 5) is 7.13. The summed E-state index contributed by atoms with van der Waals surface area (Å²) in [5, 5.41) is 4.65. The SMILES string of the molecule is [C-]#[N+]c1cc([N+]#[C-])cc(-n2c3ccccc3c3ccc4ccccc4c32)c1.